The lowest BCUT2D eigenvalue weighted by Gasteiger charge is -2.09. The van der Waals surface area contributed by atoms with Gasteiger partial charge in [0.15, 0.2) is 0 Å². The summed E-state index contributed by atoms with van der Waals surface area (Å²) in [7, 11) is 1.78. The Morgan fingerprint density at radius 2 is 2.25 bits per heavy atom. The highest BCUT2D eigenvalue weighted by Gasteiger charge is 2.10. The number of hydrogen-bond donors (Lipinski definition) is 1. The third kappa shape index (κ3) is 1.81. The number of benzene rings is 1. The zero-order valence-corrected chi connectivity index (χ0v) is 11.3. The quantitative estimate of drug-likeness (QED) is 0.807. The van der Waals surface area contributed by atoms with Gasteiger partial charge in [-0.3, -0.25) is 4.98 Å². The van der Waals surface area contributed by atoms with Gasteiger partial charge in [0, 0.05) is 27.2 Å². The predicted octanol–water partition coefficient (Wildman–Crippen LogP) is 3.41. The van der Waals surface area contributed by atoms with Gasteiger partial charge in [0.25, 0.3) is 0 Å². The second-order valence-electron chi connectivity index (χ2n) is 3.19. The summed E-state index contributed by atoms with van der Waals surface area (Å²) in [6.07, 6.45) is 1.57. The smallest absolute Gasteiger partial charge is 0.103 e. The van der Waals surface area contributed by atoms with Crippen molar-refractivity contribution >= 4 is 50.8 Å². The SMILES string of the molecule is CNc1c(C#N)cnc2c(I)cc(Cl)cc12. The van der Waals surface area contributed by atoms with Gasteiger partial charge in [0.2, 0.25) is 0 Å². The van der Waals surface area contributed by atoms with E-state index in [1.165, 1.54) is 0 Å². The summed E-state index contributed by atoms with van der Waals surface area (Å²) in [6.45, 7) is 0. The molecule has 0 radical (unpaired) electrons. The van der Waals surface area contributed by atoms with Crippen LogP contribution in [0.1, 0.15) is 5.56 Å². The molecule has 0 bridgehead atoms. The van der Waals surface area contributed by atoms with Crippen LogP contribution < -0.4 is 5.32 Å². The number of pyridine rings is 1. The van der Waals surface area contributed by atoms with Crippen LogP contribution >= 0.6 is 34.2 Å². The molecule has 0 saturated carbocycles. The second kappa shape index (κ2) is 4.44. The lowest BCUT2D eigenvalue weighted by Crippen LogP contribution is -1.96. The maximum atomic E-state index is 8.98. The van der Waals surface area contributed by atoms with Gasteiger partial charge in [-0.05, 0) is 34.7 Å². The number of anilines is 1. The van der Waals surface area contributed by atoms with Crippen molar-refractivity contribution in [1.82, 2.24) is 4.98 Å². The van der Waals surface area contributed by atoms with Crippen molar-refractivity contribution in [3.63, 3.8) is 0 Å². The minimum Gasteiger partial charge on any atom is -0.386 e. The molecule has 1 aromatic heterocycles. The molecule has 0 spiro atoms. The van der Waals surface area contributed by atoms with Crippen molar-refractivity contribution in [2.45, 2.75) is 0 Å². The molecule has 1 heterocycles. The van der Waals surface area contributed by atoms with E-state index in [1.54, 1.807) is 13.2 Å². The fraction of sp³-hybridized carbons (Fsp3) is 0.0909. The van der Waals surface area contributed by atoms with E-state index in [1.807, 2.05) is 12.1 Å². The molecule has 5 heteroatoms. The Bertz CT molecular complexity index is 604. The van der Waals surface area contributed by atoms with Gasteiger partial charge < -0.3 is 5.32 Å². The molecule has 0 aliphatic rings. The molecule has 16 heavy (non-hydrogen) atoms. The Morgan fingerprint density at radius 3 is 2.88 bits per heavy atom. The lowest BCUT2D eigenvalue weighted by atomic mass is 10.1. The number of nitrogens with one attached hydrogen (secondary N) is 1. The third-order valence-corrected chi connectivity index (χ3v) is 3.30. The molecule has 3 nitrogen and oxygen atoms in total. The summed E-state index contributed by atoms with van der Waals surface area (Å²) in [5, 5.41) is 13.5. The Morgan fingerprint density at radius 1 is 1.50 bits per heavy atom. The van der Waals surface area contributed by atoms with Crippen molar-refractivity contribution < 1.29 is 0 Å². The molecule has 1 N–H and O–H groups in total. The van der Waals surface area contributed by atoms with E-state index in [2.05, 4.69) is 39.0 Å². The Hall–Kier alpha value is -1.06. The maximum absolute atomic E-state index is 8.98. The van der Waals surface area contributed by atoms with E-state index in [0.29, 0.717) is 10.6 Å². The molecule has 0 amide bonds. The zero-order valence-electron chi connectivity index (χ0n) is 8.38. The number of fused-ring (bicyclic) bond motifs is 1. The van der Waals surface area contributed by atoms with Gasteiger partial charge in [-0.15, -0.1) is 0 Å². The first-order valence-electron chi connectivity index (χ1n) is 4.53. The molecule has 0 aliphatic heterocycles. The maximum Gasteiger partial charge on any atom is 0.103 e. The summed E-state index contributed by atoms with van der Waals surface area (Å²) in [4.78, 5) is 4.27. The van der Waals surface area contributed by atoms with Crippen LogP contribution in [-0.2, 0) is 0 Å². The molecule has 0 aliphatic carbocycles. The van der Waals surface area contributed by atoms with Crippen LogP contribution in [0, 0.1) is 14.9 Å². The number of hydrogen-bond acceptors (Lipinski definition) is 3. The van der Waals surface area contributed by atoms with E-state index in [0.717, 1.165) is 20.2 Å². The minimum atomic E-state index is 0.521. The van der Waals surface area contributed by atoms with Gasteiger partial charge in [-0.1, -0.05) is 11.6 Å². The highest BCUT2D eigenvalue weighted by Crippen LogP contribution is 2.30. The van der Waals surface area contributed by atoms with Crippen molar-refractivity contribution in [3.05, 3.63) is 32.5 Å². The summed E-state index contributed by atoms with van der Waals surface area (Å²) in [5.74, 6) is 0. The Labute approximate surface area is 112 Å². The van der Waals surface area contributed by atoms with Gasteiger partial charge in [-0.2, -0.15) is 5.26 Å². The summed E-state index contributed by atoms with van der Waals surface area (Å²) in [6, 6.07) is 5.78. The lowest BCUT2D eigenvalue weighted by molar-refractivity contribution is 1.35. The van der Waals surface area contributed by atoms with Crippen LogP contribution in [0.2, 0.25) is 5.02 Å². The predicted molar refractivity (Wildman–Crippen MR) is 73.7 cm³/mol. The van der Waals surface area contributed by atoms with Gasteiger partial charge in [-0.25, -0.2) is 0 Å². The van der Waals surface area contributed by atoms with Crippen molar-refractivity contribution in [1.29, 1.82) is 5.26 Å². The molecule has 80 valence electrons. The van der Waals surface area contributed by atoms with Crippen molar-refractivity contribution in [2.75, 3.05) is 12.4 Å². The number of nitriles is 1. The van der Waals surface area contributed by atoms with Crippen LogP contribution in [0.25, 0.3) is 10.9 Å². The van der Waals surface area contributed by atoms with Crippen LogP contribution in [0.5, 0.6) is 0 Å². The molecule has 2 aromatic rings. The molecular formula is C11H7ClIN3. The standard InChI is InChI=1S/C11H7ClIN3/c1-15-10-6(4-14)5-16-11-8(10)2-7(12)3-9(11)13/h2-3,5H,1H3,(H,15,16). The average molecular weight is 344 g/mol. The fourth-order valence-corrected chi connectivity index (χ4v) is 2.75. The van der Waals surface area contributed by atoms with E-state index in [4.69, 9.17) is 16.9 Å². The first kappa shape index (κ1) is 11.4. The normalized spacial score (nSPS) is 10.1. The molecule has 0 saturated heterocycles. The van der Waals surface area contributed by atoms with E-state index >= 15 is 0 Å². The molecule has 1 aromatic carbocycles. The first-order chi connectivity index (χ1) is 7.67. The molecule has 0 fully saturated rings. The van der Waals surface area contributed by atoms with Gasteiger partial charge in [0.05, 0.1) is 16.8 Å². The minimum absolute atomic E-state index is 0.521. The number of halogens is 2. The van der Waals surface area contributed by atoms with E-state index < -0.39 is 0 Å². The fourth-order valence-electron chi connectivity index (χ4n) is 1.58. The van der Waals surface area contributed by atoms with Crippen LogP contribution in [0.3, 0.4) is 0 Å². The summed E-state index contributed by atoms with van der Waals surface area (Å²) in [5.41, 5.74) is 2.15. The summed E-state index contributed by atoms with van der Waals surface area (Å²) < 4.78 is 0.973. The van der Waals surface area contributed by atoms with E-state index in [-0.39, 0.29) is 0 Å². The van der Waals surface area contributed by atoms with E-state index in [9.17, 15) is 0 Å². The molecular weight excluding hydrogens is 336 g/mol. The number of rotatable bonds is 1. The molecule has 0 atom stereocenters. The Kier molecular flexibility index (Phi) is 3.17. The number of aromatic nitrogens is 1. The number of nitrogens with zero attached hydrogens (tertiary/aromatic N) is 2. The average Bonchev–Trinajstić information content (AvgIpc) is 2.27. The highest BCUT2D eigenvalue weighted by atomic mass is 127. The molecule has 2 rings (SSSR count). The summed E-state index contributed by atoms with van der Waals surface area (Å²) >= 11 is 8.19. The molecule has 0 unspecified atom stereocenters. The topological polar surface area (TPSA) is 48.7 Å². The third-order valence-electron chi connectivity index (χ3n) is 2.26. The van der Waals surface area contributed by atoms with Crippen LogP contribution in [0.15, 0.2) is 18.3 Å². The second-order valence-corrected chi connectivity index (χ2v) is 4.79. The van der Waals surface area contributed by atoms with Gasteiger partial charge in [0.1, 0.15) is 6.07 Å². The zero-order chi connectivity index (χ0) is 11.7. The van der Waals surface area contributed by atoms with Crippen LogP contribution in [-0.4, -0.2) is 12.0 Å². The monoisotopic (exact) mass is 343 g/mol. The van der Waals surface area contributed by atoms with Crippen LogP contribution in [0.4, 0.5) is 5.69 Å². The first-order valence-corrected chi connectivity index (χ1v) is 5.98. The van der Waals surface area contributed by atoms with Gasteiger partial charge >= 0.3 is 0 Å². The highest BCUT2D eigenvalue weighted by molar-refractivity contribution is 14.1. The van der Waals surface area contributed by atoms with Crippen molar-refractivity contribution in [3.8, 4) is 6.07 Å². The largest absolute Gasteiger partial charge is 0.386 e. The Balaban J connectivity index is 2.93. The van der Waals surface area contributed by atoms with Crippen molar-refractivity contribution in [2.24, 2.45) is 0 Å².